The number of hydrogen-bond donors (Lipinski definition) is 3. The Kier molecular flexibility index (Phi) is 8.59. The zero-order valence-corrected chi connectivity index (χ0v) is 17.0. The second-order valence-electron chi connectivity index (χ2n) is 8.16. The molecule has 0 aliphatic heterocycles. The van der Waals surface area contributed by atoms with Gasteiger partial charge in [0.2, 0.25) is 5.91 Å². The smallest absolute Gasteiger partial charge is 0.223 e. The van der Waals surface area contributed by atoms with Crippen LogP contribution in [0.5, 0.6) is 0 Å². The number of carbonyl (C=O) groups is 1. The van der Waals surface area contributed by atoms with E-state index >= 15 is 0 Å². The Morgan fingerprint density at radius 3 is 2.69 bits per heavy atom. The van der Waals surface area contributed by atoms with Crippen LogP contribution in [0.4, 0.5) is 0 Å². The predicted molar refractivity (Wildman–Crippen MR) is 106 cm³/mol. The van der Waals surface area contributed by atoms with Gasteiger partial charge in [-0.05, 0) is 52.1 Å². The van der Waals surface area contributed by atoms with Crippen LogP contribution >= 0.6 is 0 Å². The molecule has 0 radical (unpaired) electrons. The van der Waals surface area contributed by atoms with Crippen LogP contribution in [-0.2, 0) is 11.3 Å². The standard InChI is InChI=1S/C20H37N5O/c1-15(2)9-10-22-20(26)17-7-5-16(6-8-17)19-18(13-23-24-19)14-25(4)12-11-21-3/h13,15-17,21H,5-12,14H2,1-4H3,(H,22,26)(H,23,24)/t16-,17-. The van der Waals surface area contributed by atoms with Crippen LogP contribution in [0, 0.1) is 11.8 Å². The largest absolute Gasteiger partial charge is 0.356 e. The molecular formula is C20H37N5O. The van der Waals surface area contributed by atoms with Crippen LogP contribution in [0.1, 0.15) is 63.1 Å². The topological polar surface area (TPSA) is 73.0 Å². The maximum absolute atomic E-state index is 12.3. The summed E-state index contributed by atoms with van der Waals surface area (Å²) in [7, 11) is 4.13. The lowest BCUT2D eigenvalue weighted by Crippen LogP contribution is -2.34. The summed E-state index contributed by atoms with van der Waals surface area (Å²) >= 11 is 0. The average Bonchev–Trinajstić information content (AvgIpc) is 3.07. The summed E-state index contributed by atoms with van der Waals surface area (Å²) in [5.74, 6) is 1.54. The second-order valence-corrected chi connectivity index (χ2v) is 8.16. The molecule has 26 heavy (non-hydrogen) atoms. The number of H-pyrrole nitrogens is 1. The number of nitrogens with one attached hydrogen (secondary N) is 3. The first-order valence-electron chi connectivity index (χ1n) is 10.1. The number of hydrogen-bond acceptors (Lipinski definition) is 4. The number of aromatic nitrogens is 2. The van der Waals surface area contributed by atoms with E-state index in [0.717, 1.165) is 58.3 Å². The molecule has 1 amide bonds. The van der Waals surface area contributed by atoms with E-state index < -0.39 is 0 Å². The van der Waals surface area contributed by atoms with E-state index in [1.807, 2.05) is 13.2 Å². The van der Waals surface area contributed by atoms with E-state index in [9.17, 15) is 4.79 Å². The summed E-state index contributed by atoms with van der Waals surface area (Å²) in [6.45, 7) is 8.11. The minimum atomic E-state index is 0.180. The summed E-state index contributed by atoms with van der Waals surface area (Å²) in [4.78, 5) is 14.7. The highest BCUT2D eigenvalue weighted by Crippen LogP contribution is 2.36. The van der Waals surface area contributed by atoms with Crippen LogP contribution in [0.15, 0.2) is 6.20 Å². The number of carbonyl (C=O) groups excluding carboxylic acids is 1. The molecule has 148 valence electrons. The van der Waals surface area contributed by atoms with E-state index in [2.05, 4.69) is 46.6 Å². The Morgan fingerprint density at radius 1 is 1.31 bits per heavy atom. The van der Waals surface area contributed by atoms with E-state index in [1.165, 1.54) is 11.3 Å². The molecule has 3 N–H and O–H groups in total. The number of amides is 1. The predicted octanol–water partition coefficient (Wildman–Crippen LogP) is 2.50. The van der Waals surface area contributed by atoms with Crippen molar-refractivity contribution in [3.8, 4) is 0 Å². The molecule has 0 saturated heterocycles. The molecule has 1 aliphatic carbocycles. The zero-order chi connectivity index (χ0) is 18.9. The fourth-order valence-electron chi connectivity index (χ4n) is 3.74. The highest BCUT2D eigenvalue weighted by atomic mass is 16.1. The minimum absolute atomic E-state index is 0.180. The van der Waals surface area contributed by atoms with Gasteiger partial charge in [-0.2, -0.15) is 5.10 Å². The first-order chi connectivity index (χ1) is 12.5. The third-order valence-corrected chi connectivity index (χ3v) is 5.44. The van der Waals surface area contributed by atoms with Crippen molar-refractivity contribution in [1.29, 1.82) is 0 Å². The molecule has 2 rings (SSSR count). The fraction of sp³-hybridized carbons (Fsp3) is 0.800. The molecule has 6 nitrogen and oxygen atoms in total. The van der Waals surface area contributed by atoms with Crippen molar-refractivity contribution < 1.29 is 4.79 Å². The average molecular weight is 364 g/mol. The lowest BCUT2D eigenvalue weighted by molar-refractivity contribution is -0.126. The Balaban J connectivity index is 1.81. The zero-order valence-electron chi connectivity index (χ0n) is 17.0. The van der Waals surface area contributed by atoms with Gasteiger partial charge < -0.3 is 15.5 Å². The van der Waals surface area contributed by atoms with Gasteiger partial charge in [-0.25, -0.2) is 0 Å². The van der Waals surface area contributed by atoms with Crippen molar-refractivity contribution >= 4 is 5.91 Å². The van der Waals surface area contributed by atoms with Crippen molar-refractivity contribution in [3.63, 3.8) is 0 Å². The Bertz CT molecular complexity index is 534. The van der Waals surface area contributed by atoms with Crippen LogP contribution in [0.2, 0.25) is 0 Å². The Morgan fingerprint density at radius 2 is 2.04 bits per heavy atom. The van der Waals surface area contributed by atoms with Gasteiger partial charge in [0.25, 0.3) is 0 Å². The van der Waals surface area contributed by atoms with Crippen molar-refractivity contribution in [1.82, 2.24) is 25.7 Å². The third kappa shape index (κ3) is 6.40. The van der Waals surface area contributed by atoms with Gasteiger partial charge >= 0.3 is 0 Å². The summed E-state index contributed by atoms with van der Waals surface area (Å²) in [6, 6.07) is 0. The van der Waals surface area contributed by atoms with Gasteiger partial charge in [0, 0.05) is 49.8 Å². The summed E-state index contributed by atoms with van der Waals surface area (Å²) in [6.07, 6.45) is 7.15. The van der Waals surface area contributed by atoms with Crippen molar-refractivity contribution in [2.45, 2.75) is 58.4 Å². The molecule has 1 saturated carbocycles. The monoisotopic (exact) mass is 363 g/mol. The molecule has 1 heterocycles. The summed E-state index contributed by atoms with van der Waals surface area (Å²) in [5, 5.41) is 13.9. The van der Waals surface area contributed by atoms with Crippen LogP contribution < -0.4 is 10.6 Å². The fourth-order valence-corrected chi connectivity index (χ4v) is 3.74. The molecular weight excluding hydrogens is 326 g/mol. The van der Waals surface area contributed by atoms with E-state index in [4.69, 9.17) is 0 Å². The van der Waals surface area contributed by atoms with Crippen molar-refractivity contribution in [3.05, 3.63) is 17.5 Å². The number of nitrogens with zero attached hydrogens (tertiary/aromatic N) is 2. The number of likely N-dealkylation sites (N-methyl/N-ethyl adjacent to an activating group) is 2. The number of rotatable bonds is 10. The molecule has 0 spiro atoms. The molecule has 0 aromatic carbocycles. The van der Waals surface area contributed by atoms with Gasteiger partial charge in [0.05, 0.1) is 5.69 Å². The molecule has 0 unspecified atom stereocenters. The van der Waals surface area contributed by atoms with Crippen LogP contribution in [0.3, 0.4) is 0 Å². The molecule has 0 atom stereocenters. The SMILES string of the molecule is CNCCN(C)Cc1c[nH]nc1[C@H]1CC[C@H](C(=O)NCCC(C)C)CC1. The second kappa shape index (κ2) is 10.7. The first-order valence-corrected chi connectivity index (χ1v) is 10.1. The highest BCUT2D eigenvalue weighted by Gasteiger charge is 2.29. The van der Waals surface area contributed by atoms with Crippen molar-refractivity contribution in [2.24, 2.45) is 11.8 Å². The van der Waals surface area contributed by atoms with Gasteiger partial charge in [-0.3, -0.25) is 9.89 Å². The quantitative estimate of drug-likeness (QED) is 0.597. The third-order valence-electron chi connectivity index (χ3n) is 5.44. The first kappa shape index (κ1) is 20.9. The lowest BCUT2D eigenvalue weighted by atomic mass is 9.79. The van der Waals surface area contributed by atoms with E-state index in [-0.39, 0.29) is 11.8 Å². The highest BCUT2D eigenvalue weighted by molar-refractivity contribution is 5.78. The molecule has 1 fully saturated rings. The van der Waals surface area contributed by atoms with Gasteiger partial charge in [-0.15, -0.1) is 0 Å². The molecule has 1 aromatic rings. The summed E-state index contributed by atoms with van der Waals surface area (Å²) in [5.41, 5.74) is 2.51. The van der Waals surface area contributed by atoms with Crippen LogP contribution in [0.25, 0.3) is 0 Å². The molecule has 0 bridgehead atoms. The Labute approximate surface area is 158 Å². The van der Waals surface area contributed by atoms with Crippen molar-refractivity contribution in [2.75, 3.05) is 33.7 Å². The van der Waals surface area contributed by atoms with Gasteiger partial charge in [0.15, 0.2) is 0 Å². The van der Waals surface area contributed by atoms with E-state index in [0.29, 0.717) is 11.8 Å². The molecule has 6 heteroatoms. The maximum Gasteiger partial charge on any atom is 0.223 e. The van der Waals surface area contributed by atoms with Gasteiger partial charge in [0.1, 0.15) is 0 Å². The summed E-state index contributed by atoms with van der Waals surface area (Å²) < 4.78 is 0. The molecule has 1 aliphatic rings. The molecule has 1 aromatic heterocycles. The maximum atomic E-state index is 12.3. The number of aromatic amines is 1. The lowest BCUT2D eigenvalue weighted by Gasteiger charge is -2.28. The van der Waals surface area contributed by atoms with E-state index in [1.54, 1.807) is 0 Å². The van der Waals surface area contributed by atoms with Gasteiger partial charge in [-0.1, -0.05) is 13.8 Å². The van der Waals surface area contributed by atoms with Crippen LogP contribution in [-0.4, -0.2) is 54.7 Å². The Hall–Kier alpha value is -1.40. The minimum Gasteiger partial charge on any atom is -0.356 e. The normalized spacial score (nSPS) is 20.7.